The highest BCUT2D eigenvalue weighted by Gasteiger charge is 2.30. The number of nitrogens with one attached hydrogen (secondary N) is 1. The zero-order valence-electron chi connectivity index (χ0n) is 13.4. The molecule has 0 aromatic carbocycles. The van der Waals surface area contributed by atoms with E-state index in [9.17, 15) is 14.4 Å². The van der Waals surface area contributed by atoms with Crippen molar-refractivity contribution in [1.82, 2.24) is 0 Å². The number of carbonyl (C=O) groups excluding carboxylic acids is 3. The number of primary amides is 1. The number of aryl methyl sites for hydroxylation is 1. The van der Waals surface area contributed by atoms with Crippen LogP contribution in [0.15, 0.2) is 4.42 Å². The van der Waals surface area contributed by atoms with Crippen molar-refractivity contribution < 1.29 is 23.5 Å². The van der Waals surface area contributed by atoms with Crippen LogP contribution in [0, 0.1) is 12.8 Å². The maximum Gasteiger partial charge on any atom is 0.342 e. The molecule has 2 amide bonds. The zero-order valence-corrected chi connectivity index (χ0v) is 13.4. The predicted octanol–water partition coefficient (Wildman–Crippen LogP) is 2.38. The molecule has 0 aliphatic heterocycles. The second-order valence-electron chi connectivity index (χ2n) is 5.65. The van der Waals surface area contributed by atoms with Crippen LogP contribution < -0.4 is 11.1 Å². The number of amides is 2. The first-order chi connectivity index (χ1) is 11.0. The van der Waals surface area contributed by atoms with Gasteiger partial charge in [0, 0.05) is 5.92 Å². The average molecular weight is 322 g/mol. The van der Waals surface area contributed by atoms with Crippen LogP contribution in [0.25, 0.3) is 0 Å². The number of nitrogens with two attached hydrogens (primary N) is 1. The number of esters is 1. The average Bonchev–Trinajstić information content (AvgIpc) is 2.84. The summed E-state index contributed by atoms with van der Waals surface area (Å²) in [5.41, 5.74) is 5.20. The van der Waals surface area contributed by atoms with E-state index >= 15 is 0 Å². The largest absolute Gasteiger partial charge is 0.462 e. The first kappa shape index (κ1) is 17.1. The molecule has 3 N–H and O–H groups in total. The van der Waals surface area contributed by atoms with Crippen molar-refractivity contribution in [3.63, 3.8) is 0 Å². The SMILES string of the molecule is CCOC(=O)c1c(C)oc(NC(=O)C2CCCCC2)c1C(N)=O. The molecule has 1 aliphatic carbocycles. The summed E-state index contributed by atoms with van der Waals surface area (Å²) in [5, 5.41) is 2.61. The first-order valence-corrected chi connectivity index (χ1v) is 7.86. The third-order valence-electron chi connectivity index (χ3n) is 4.02. The fourth-order valence-corrected chi connectivity index (χ4v) is 2.90. The number of anilines is 1. The molecule has 126 valence electrons. The van der Waals surface area contributed by atoms with Crippen molar-refractivity contribution in [3.8, 4) is 0 Å². The van der Waals surface area contributed by atoms with Gasteiger partial charge in [0.15, 0.2) is 0 Å². The summed E-state index contributed by atoms with van der Waals surface area (Å²) in [6, 6.07) is 0. The molecule has 0 spiro atoms. The fourth-order valence-electron chi connectivity index (χ4n) is 2.90. The molecule has 1 aliphatic rings. The first-order valence-electron chi connectivity index (χ1n) is 7.86. The number of furan rings is 1. The lowest BCUT2D eigenvalue weighted by Crippen LogP contribution is -2.26. The number of carbonyl (C=O) groups is 3. The molecule has 2 rings (SSSR count). The van der Waals surface area contributed by atoms with Crippen LogP contribution in [-0.4, -0.2) is 24.4 Å². The van der Waals surface area contributed by atoms with Gasteiger partial charge in [0.25, 0.3) is 5.91 Å². The highest BCUT2D eigenvalue weighted by atomic mass is 16.5. The third-order valence-corrected chi connectivity index (χ3v) is 4.02. The van der Waals surface area contributed by atoms with Crippen LogP contribution in [0.3, 0.4) is 0 Å². The second-order valence-corrected chi connectivity index (χ2v) is 5.65. The molecule has 1 aromatic heterocycles. The number of hydrogen-bond donors (Lipinski definition) is 2. The fraction of sp³-hybridized carbons (Fsp3) is 0.562. The molecule has 1 heterocycles. The predicted molar refractivity (Wildman–Crippen MR) is 83.1 cm³/mol. The number of ether oxygens (including phenoxy) is 1. The van der Waals surface area contributed by atoms with Crippen molar-refractivity contribution in [2.24, 2.45) is 11.7 Å². The lowest BCUT2D eigenvalue weighted by molar-refractivity contribution is -0.120. The summed E-state index contributed by atoms with van der Waals surface area (Å²) in [4.78, 5) is 36.0. The molecule has 1 aromatic rings. The van der Waals surface area contributed by atoms with Crippen LogP contribution in [0.5, 0.6) is 0 Å². The Balaban J connectivity index is 2.27. The van der Waals surface area contributed by atoms with Crippen molar-refractivity contribution >= 4 is 23.7 Å². The van der Waals surface area contributed by atoms with Crippen LogP contribution in [0.4, 0.5) is 5.88 Å². The van der Waals surface area contributed by atoms with Crippen molar-refractivity contribution in [1.29, 1.82) is 0 Å². The number of hydrogen-bond acceptors (Lipinski definition) is 5. The molecular formula is C16H22N2O5. The van der Waals surface area contributed by atoms with E-state index in [0.29, 0.717) is 0 Å². The maximum atomic E-state index is 12.3. The minimum atomic E-state index is -0.844. The standard InChI is InChI=1S/C16H22N2O5/c1-3-22-16(21)11-9(2)23-15(12(11)13(17)19)18-14(20)10-7-5-4-6-8-10/h10H,3-8H2,1-2H3,(H2,17,19)(H,18,20). The zero-order chi connectivity index (χ0) is 17.0. The van der Waals surface area contributed by atoms with Crippen LogP contribution in [-0.2, 0) is 9.53 Å². The van der Waals surface area contributed by atoms with Gasteiger partial charge in [-0.25, -0.2) is 4.79 Å². The highest BCUT2D eigenvalue weighted by Crippen LogP contribution is 2.30. The van der Waals surface area contributed by atoms with E-state index in [0.717, 1.165) is 32.1 Å². The summed E-state index contributed by atoms with van der Waals surface area (Å²) in [6.45, 7) is 3.34. The molecule has 23 heavy (non-hydrogen) atoms. The third kappa shape index (κ3) is 3.72. The van der Waals surface area contributed by atoms with E-state index in [4.69, 9.17) is 14.9 Å². The van der Waals surface area contributed by atoms with Gasteiger partial charge in [-0.1, -0.05) is 19.3 Å². The van der Waals surface area contributed by atoms with Gasteiger partial charge in [-0.15, -0.1) is 0 Å². The Hall–Kier alpha value is -2.31. The normalized spacial score (nSPS) is 15.2. The van der Waals surface area contributed by atoms with Gasteiger partial charge in [0.2, 0.25) is 11.8 Å². The van der Waals surface area contributed by atoms with Crippen molar-refractivity contribution in [2.45, 2.75) is 46.0 Å². The summed E-state index contributed by atoms with van der Waals surface area (Å²) in [7, 11) is 0. The Kier molecular flexibility index (Phi) is 5.41. The minimum Gasteiger partial charge on any atom is -0.462 e. The van der Waals surface area contributed by atoms with Gasteiger partial charge >= 0.3 is 5.97 Å². The molecule has 0 unspecified atom stereocenters. The second kappa shape index (κ2) is 7.30. The molecule has 7 nitrogen and oxygen atoms in total. The topological polar surface area (TPSA) is 112 Å². The van der Waals surface area contributed by atoms with Crippen LogP contribution in [0.1, 0.15) is 65.5 Å². The molecule has 1 saturated carbocycles. The Morgan fingerprint density at radius 1 is 1.22 bits per heavy atom. The minimum absolute atomic E-state index is 0.0294. The number of rotatable bonds is 5. The Morgan fingerprint density at radius 3 is 2.43 bits per heavy atom. The lowest BCUT2D eigenvalue weighted by Gasteiger charge is -2.20. The molecular weight excluding hydrogens is 300 g/mol. The van der Waals surface area contributed by atoms with Gasteiger partial charge < -0.3 is 14.9 Å². The van der Waals surface area contributed by atoms with E-state index in [1.807, 2.05) is 0 Å². The molecule has 0 bridgehead atoms. The monoisotopic (exact) mass is 322 g/mol. The van der Waals surface area contributed by atoms with Gasteiger partial charge in [0.1, 0.15) is 16.9 Å². The van der Waals surface area contributed by atoms with Gasteiger partial charge in [0.05, 0.1) is 6.61 Å². The highest BCUT2D eigenvalue weighted by molar-refractivity contribution is 6.10. The van der Waals surface area contributed by atoms with Gasteiger partial charge in [-0.05, 0) is 26.7 Å². The molecule has 7 heteroatoms. The summed E-state index contributed by atoms with van der Waals surface area (Å²) in [6.07, 6.45) is 4.76. The summed E-state index contributed by atoms with van der Waals surface area (Å²) < 4.78 is 10.3. The summed E-state index contributed by atoms with van der Waals surface area (Å²) >= 11 is 0. The van der Waals surface area contributed by atoms with Gasteiger partial charge in [-0.2, -0.15) is 0 Å². The van der Waals surface area contributed by atoms with E-state index in [-0.39, 0.29) is 41.2 Å². The Labute approximate surface area is 134 Å². The molecule has 0 radical (unpaired) electrons. The van der Waals surface area contributed by atoms with Crippen molar-refractivity contribution in [3.05, 3.63) is 16.9 Å². The Morgan fingerprint density at radius 2 is 1.87 bits per heavy atom. The maximum absolute atomic E-state index is 12.3. The van der Waals surface area contributed by atoms with E-state index in [2.05, 4.69) is 5.32 Å². The smallest absolute Gasteiger partial charge is 0.342 e. The Bertz CT molecular complexity index is 614. The lowest BCUT2D eigenvalue weighted by atomic mass is 9.88. The molecule has 1 fully saturated rings. The quantitative estimate of drug-likeness (QED) is 0.808. The van der Waals surface area contributed by atoms with Crippen molar-refractivity contribution in [2.75, 3.05) is 11.9 Å². The molecule has 0 saturated heterocycles. The summed E-state index contributed by atoms with van der Waals surface area (Å²) in [5.74, 6) is -1.74. The molecule has 0 atom stereocenters. The van der Waals surface area contributed by atoms with E-state index < -0.39 is 11.9 Å². The van der Waals surface area contributed by atoms with E-state index in [1.165, 1.54) is 6.92 Å². The van der Waals surface area contributed by atoms with E-state index in [1.54, 1.807) is 6.92 Å². The van der Waals surface area contributed by atoms with Gasteiger partial charge in [-0.3, -0.25) is 14.9 Å². The van der Waals surface area contributed by atoms with Crippen LogP contribution in [0.2, 0.25) is 0 Å². The van der Waals surface area contributed by atoms with Crippen LogP contribution >= 0.6 is 0 Å².